The van der Waals surface area contributed by atoms with Gasteiger partial charge in [0.15, 0.2) is 0 Å². The van der Waals surface area contributed by atoms with Crippen molar-refractivity contribution in [3.05, 3.63) is 138 Å². The minimum atomic E-state index is 0.903. The van der Waals surface area contributed by atoms with E-state index in [0.29, 0.717) is 0 Å². The number of nitrogens with zero attached hydrogens (tertiary/aromatic N) is 1. The van der Waals surface area contributed by atoms with E-state index in [1.807, 2.05) is 60.7 Å². The lowest BCUT2D eigenvalue weighted by molar-refractivity contribution is 1.37. The van der Waals surface area contributed by atoms with Crippen LogP contribution in [0.1, 0.15) is 22.3 Å². The lowest BCUT2D eigenvalue weighted by Gasteiger charge is -2.12. The molecule has 1 nitrogen and oxygen atoms in total. The van der Waals surface area contributed by atoms with Crippen molar-refractivity contribution < 1.29 is 0 Å². The van der Waals surface area contributed by atoms with Crippen molar-refractivity contribution in [3.63, 3.8) is 0 Å². The zero-order valence-electron chi connectivity index (χ0n) is 17.6. The lowest BCUT2D eigenvalue weighted by atomic mass is 9.96. The van der Waals surface area contributed by atoms with Gasteiger partial charge in [-0.15, -0.1) is 0 Å². The van der Waals surface area contributed by atoms with Gasteiger partial charge in [0.05, 0.1) is 16.8 Å². The summed E-state index contributed by atoms with van der Waals surface area (Å²) in [4.78, 5) is 5.04. The molecule has 1 heteroatoms. The standard InChI is InChI=1S/C31H21N/c1-4-12-24(13-5-1)20-22-27-28-18-10-11-19-30(28)32-31(26-16-8-3-9-17-26)29(27)23-21-25-14-6-2-7-15-25/h1-20,22H/b22-20+. The fraction of sp³-hybridized carbons (Fsp3) is 0. The minimum Gasteiger partial charge on any atom is -0.246 e. The van der Waals surface area contributed by atoms with Crippen LogP contribution in [0.15, 0.2) is 115 Å². The number of hydrogen-bond donors (Lipinski definition) is 0. The molecule has 0 saturated carbocycles. The zero-order chi connectivity index (χ0) is 21.6. The van der Waals surface area contributed by atoms with E-state index in [0.717, 1.165) is 44.4 Å². The van der Waals surface area contributed by atoms with Crippen LogP contribution in [0.5, 0.6) is 0 Å². The molecule has 0 bridgehead atoms. The first-order valence-electron chi connectivity index (χ1n) is 10.7. The first kappa shape index (κ1) is 19.5. The topological polar surface area (TPSA) is 12.9 Å². The van der Waals surface area contributed by atoms with E-state index in [-0.39, 0.29) is 0 Å². The fourth-order valence-electron chi connectivity index (χ4n) is 3.74. The quantitative estimate of drug-likeness (QED) is 0.283. The van der Waals surface area contributed by atoms with E-state index < -0.39 is 0 Å². The van der Waals surface area contributed by atoms with Gasteiger partial charge in [0.2, 0.25) is 0 Å². The molecule has 150 valence electrons. The third-order valence-corrected chi connectivity index (χ3v) is 5.33. The first-order chi connectivity index (χ1) is 15.9. The van der Waals surface area contributed by atoms with E-state index >= 15 is 0 Å². The van der Waals surface area contributed by atoms with Crippen LogP contribution in [0.4, 0.5) is 0 Å². The van der Waals surface area contributed by atoms with Gasteiger partial charge in [0.1, 0.15) is 0 Å². The fourth-order valence-corrected chi connectivity index (χ4v) is 3.74. The van der Waals surface area contributed by atoms with Crippen molar-refractivity contribution in [3.8, 4) is 23.1 Å². The Kier molecular flexibility index (Phi) is 5.60. The second kappa shape index (κ2) is 9.16. The van der Waals surface area contributed by atoms with Gasteiger partial charge in [-0.25, -0.2) is 4.98 Å². The van der Waals surface area contributed by atoms with Crippen molar-refractivity contribution in [2.75, 3.05) is 0 Å². The van der Waals surface area contributed by atoms with Gasteiger partial charge < -0.3 is 0 Å². The molecule has 32 heavy (non-hydrogen) atoms. The van der Waals surface area contributed by atoms with Gasteiger partial charge in [-0.05, 0) is 23.8 Å². The van der Waals surface area contributed by atoms with Gasteiger partial charge in [0.25, 0.3) is 0 Å². The maximum absolute atomic E-state index is 5.04. The number of pyridine rings is 1. The first-order valence-corrected chi connectivity index (χ1v) is 10.7. The Morgan fingerprint density at radius 3 is 1.94 bits per heavy atom. The molecule has 4 aromatic carbocycles. The van der Waals surface area contributed by atoms with Gasteiger partial charge in [0, 0.05) is 22.1 Å². The third kappa shape index (κ3) is 4.21. The third-order valence-electron chi connectivity index (χ3n) is 5.33. The number of hydrogen-bond acceptors (Lipinski definition) is 1. The molecule has 1 heterocycles. The molecular weight excluding hydrogens is 386 g/mol. The average Bonchev–Trinajstić information content (AvgIpc) is 2.87. The summed E-state index contributed by atoms with van der Waals surface area (Å²) >= 11 is 0. The summed E-state index contributed by atoms with van der Waals surface area (Å²) in [6.45, 7) is 0. The van der Waals surface area contributed by atoms with E-state index in [1.165, 1.54) is 0 Å². The molecule has 0 fully saturated rings. The number of rotatable bonds is 3. The largest absolute Gasteiger partial charge is 0.246 e. The average molecular weight is 408 g/mol. The highest BCUT2D eigenvalue weighted by molar-refractivity contribution is 5.96. The van der Waals surface area contributed by atoms with Gasteiger partial charge in [-0.3, -0.25) is 0 Å². The number of fused-ring (bicyclic) bond motifs is 1. The monoisotopic (exact) mass is 407 g/mol. The second-order valence-electron chi connectivity index (χ2n) is 7.49. The normalized spacial score (nSPS) is 10.8. The van der Waals surface area contributed by atoms with E-state index in [4.69, 9.17) is 4.98 Å². The Morgan fingerprint density at radius 1 is 0.562 bits per heavy atom. The van der Waals surface area contributed by atoms with Crippen LogP contribution < -0.4 is 0 Å². The zero-order valence-corrected chi connectivity index (χ0v) is 17.6. The Balaban J connectivity index is 1.78. The highest BCUT2D eigenvalue weighted by Crippen LogP contribution is 2.31. The van der Waals surface area contributed by atoms with Crippen molar-refractivity contribution in [2.24, 2.45) is 0 Å². The summed E-state index contributed by atoms with van der Waals surface area (Å²) in [7, 11) is 0. The molecule has 0 spiro atoms. The van der Waals surface area contributed by atoms with Crippen LogP contribution in [0.25, 0.3) is 34.3 Å². The van der Waals surface area contributed by atoms with E-state index in [9.17, 15) is 0 Å². The highest BCUT2D eigenvalue weighted by atomic mass is 14.7. The van der Waals surface area contributed by atoms with Crippen LogP contribution in [0.2, 0.25) is 0 Å². The predicted octanol–water partition coefficient (Wildman–Crippen LogP) is 7.47. The van der Waals surface area contributed by atoms with Crippen LogP contribution in [0.3, 0.4) is 0 Å². The predicted molar refractivity (Wildman–Crippen MR) is 135 cm³/mol. The summed E-state index contributed by atoms with van der Waals surface area (Å²) in [6.07, 6.45) is 4.31. The number of aromatic nitrogens is 1. The molecule has 0 atom stereocenters. The number of para-hydroxylation sites is 1. The summed E-state index contributed by atoms with van der Waals surface area (Å²) in [6, 6.07) is 39.0. The molecule has 0 unspecified atom stereocenters. The molecule has 0 amide bonds. The molecule has 0 N–H and O–H groups in total. The maximum Gasteiger partial charge on any atom is 0.0872 e. The Bertz CT molecular complexity index is 1440. The molecular formula is C31H21N. The Morgan fingerprint density at radius 2 is 1.19 bits per heavy atom. The van der Waals surface area contributed by atoms with E-state index in [1.54, 1.807) is 0 Å². The van der Waals surface area contributed by atoms with Crippen LogP contribution >= 0.6 is 0 Å². The van der Waals surface area contributed by atoms with Crippen LogP contribution in [-0.2, 0) is 0 Å². The molecule has 0 aliphatic rings. The SMILES string of the molecule is C(#Cc1c(-c2ccccc2)nc2ccccc2c1/C=C/c1ccccc1)c1ccccc1. The van der Waals surface area contributed by atoms with Gasteiger partial charge in [-0.1, -0.05) is 121 Å². The molecule has 0 aliphatic carbocycles. The Hall–Kier alpha value is -4.41. The van der Waals surface area contributed by atoms with Crippen molar-refractivity contribution in [2.45, 2.75) is 0 Å². The lowest BCUT2D eigenvalue weighted by Crippen LogP contribution is -1.96. The molecule has 0 radical (unpaired) electrons. The van der Waals surface area contributed by atoms with E-state index in [2.05, 4.69) is 78.6 Å². The second-order valence-corrected chi connectivity index (χ2v) is 7.49. The van der Waals surface area contributed by atoms with Crippen molar-refractivity contribution in [1.82, 2.24) is 4.98 Å². The van der Waals surface area contributed by atoms with Crippen molar-refractivity contribution in [1.29, 1.82) is 0 Å². The Labute approximate surface area is 188 Å². The summed E-state index contributed by atoms with van der Waals surface area (Å²) in [5.41, 5.74) is 7.08. The highest BCUT2D eigenvalue weighted by Gasteiger charge is 2.13. The van der Waals surface area contributed by atoms with Gasteiger partial charge in [-0.2, -0.15) is 0 Å². The summed E-state index contributed by atoms with van der Waals surface area (Å²) < 4.78 is 0. The van der Waals surface area contributed by atoms with Crippen molar-refractivity contribution >= 4 is 23.1 Å². The minimum absolute atomic E-state index is 0.903. The molecule has 1 aromatic heterocycles. The summed E-state index contributed by atoms with van der Waals surface area (Å²) in [5.74, 6) is 6.81. The number of benzene rings is 4. The smallest absolute Gasteiger partial charge is 0.0872 e. The molecule has 5 rings (SSSR count). The van der Waals surface area contributed by atoms with Crippen LogP contribution in [0, 0.1) is 11.8 Å². The van der Waals surface area contributed by atoms with Gasteiger partial charge >= 0.3 is 0 Å². The van der Waals surface area contributed by atoms with Crippen LogP contribution in [-0.4, -0.2) is 4.98 Å². The molecule has 0 saturated heterocycles. The summed E-state index contributed by atoms with van der Waals surface area (Å²) in [5, 5.41) is 1.09. The molecule has 0 aliphatic heterocycles. The maximum atomic E-state index is 5.04. The molecule has 5 aromatic rings.